The molecule has 18 heavy (non-hydrogen) atoms. The number of phenols is 1. The van der Waals surface area contributed by atoms with Gasteiger partial charge in [0, 0.05) is 5.56 Å². The maximum atomic E-state index is 9.96. The van der Waals surface area contributed by atoms with Gasteiger partial charge < -0.3 is 5.11 Å². The average molecular weight is 246 g/mol. The lowest BCUT2D eigenvalue weighted by molar-refractivity contribution is 0.448. The molecule has 1 saturated carbocycles. The van der Waals surface area contributed by atoms with Crippen LogP contribution in [0, 0.1) is 0 Å². The van der Waals surface area contributed by atoms with Crippen LogP contribution in [-0.2, 0) is 5.41 Å². The van der Waals surface area contributed by atoms with Crippen LogP contribution < -0.4 is 0 Å². The number of unbranched alkanes of at least 4 members (excludes halogenated alkanes) is 5. The number of benzene rings is 1. The highest BCUT2D eigenvalue weighted by Gasteiger charge is 2.44. The van der Waals surface area contributed by atoms with Crippen molar-refractivity contribution in [2.24, 2.45) is 0 Å². The molecule has 1 aromatic carbocycles. The van der Waals surface area contributed by atoms with Gasteiger partial charge in [-0.1, -0.05) is 63.6 Å². The van der Waals surface area contributed by atoms with Crippen molar-refractivity contribution in [1.82, 2.24) is 0 Å². The Bertz CT molecular complexity index is 366. The minimum absolute atomic E-state index is 0.329. The third-order valence-corrected chi connectivity index (χ3v) is 4.34. The fraction of sp³-hybridized carbons (Fsp3) is 0.647. The summed E-state index contributed by atoms with van der Waals surface area (Å²) in [5.41, 5.74) is 1.52. The molecule has 1 heteroatoms. The van der Waals surface area contributed by atoms with E-state index in [9.17, 15) is 5.11 Å². The standard InChI is InChI=1S/C17H26O/c1-2-3-4-5-6-9-12-17(13-14-17)15-10-7-8-11-16(15)18/h7-8,10-11,18H,2-6,9,12-14H2,1H3. The highest BCUT2D eigenvalue weighted by molar-refractivity contribution is 5.42. The Labute approximate surface area is 111 Å². The van der Waals surface area contributed by atoms with E-state index in [1.807, 2.05) is 12.1 Å². The van der Waals surface area contributed by atoms with Crippen molar-refractivity contribution in [3.63, 3.8) is 0 Å². The summed E-state index contributed by atoms with van der Waals surface area (Å²) in [6.45, 7) is 2.26. The summed E-state index contributed by atoms with van der Waals surface area (Å²) < 4.78 is 0. The smallest absolute Gasteiger partial charge is 0.119 e. The highest BCUT2D eigenvalue weighted by Crippen LogP contribution is 2.54. The molecule has 0 spiro atoms. The van der Waals surface area contributed by atoms with Crippen LogP contribution in [0.3, 0.4) is 0 Å². The Balaban J connectivity index is 1.77. The van der Waals surface area contributed by atoms with Crippen LogP contribution in [0.15, 0.2) is 24.3 Å². The number of aromatic hydroxyl groups is 1. The molecule has 0 aromatic heterocycles. The van der Waals surface area contributed by atoms with Gasteiger partial charge in [0.2, 0.25) is 0 Å². The number of rotatable bonds is 8. The van der Waals surface area contributed by atoms with Crippen molar-refractivity contribution in [1.29, 1.82) is 0 Å². The maximum Gasteiger partial charge on any atom is 0.119 e. The van der Waals surface area contributed by atoms with Gasteiger partial charge in [0.1, 0.15) is 5.75 Å². The fourth-order valence-electron chi connectivity index (χ4n) is 2.97. The zero-order chi connectivity index (χ0) is 12.8. The van der Waals surface area contributed by atoms with Crippen LogP contribution in [0.4, 0.5) is 0 Å². The first-order chi connectivity index (χ1) is 8.78. The van der Waals surface area contributed by atoms with Gasteiger partial charge in [0.25, 0.3) is 0 Å². The van der Waals surface area contributed by atoms with Crippen molar-refractivity contribution in [2.45, 2.75) is 70.1 Å². The lowest BCUT2D eigenvalue weighted by Crippen LogP contribution is -2.06. The lowest BCUT2D eigenvalue weighted by atomic mass is 9.89. The van der Waals surface area contributed by atoms with Gasteiger partial charge in [0.05, 0.1) is 0 Å². The van der Waals surface area contributed by atoms with Gasteiger partial charge in [-0.25, -0.2) is 0 Å². The van der Waals surface area contributed by atoms with Gasteiger partial charge in [-0.15, -0.1) is 0 Å². The molecular weight excluding hydrogens is 220 g/mol. The van der Waals surface area contributed by atoms with Crippen molar-refractivity contribution in [3.8, 4) is 5.75 Å². The van der Waals surface area contributed by atoms with Crippen molar-refractivity contribution < 1.29 is 5.11 Å². The Hall–Kier alpha value is -0.980. The summed E-state index contributed by atoms with van der Waals surface area (Å²) in [6, 6.07) is 7.91. The summed E-state index contributed by atoms with van der Waals surface area (Å²) in [6.07, 6.45) is 11.9. The number of phenolic OH excluding ortho intramolecular Hbond substituents is 1. The molecule has 0 bridgehead atoms. The zero-order valence-electron chi connectivity index (χ0n) is 11.6. The molecule has 0 atom stereocenters. The summed E-state index contributed by atoms with van der Waals surface area (Å²) in [7, 11) is 0. The third-order valence-electron chi connectivity index (χ3n) is 4.34. The van der Waals surface area contributed by atoms with E-state index in [2.05, 4.69) is 19.1 Å². The van der Waals surface area contributed by atoms with Crippen LogP contribution in [0.5, 0.6) is 5.75 Å². The maximum absolute atomic E-state index is 9.96. The first-order valence-electron chi connectivity index (χ1n) is 7.57. The molecule has 1 aliphatic rings. The summed E-state index contributed by atoms with van der Waals surface area (Å²) in [5.74, 6) is 0.501. The topological polar surface area (TPSA) is 20.2 Å². The molecule has 0 radical (unpaired) electrons. The predicted molar refractivity (Wildman–Crippen MR) is 77.0 cm³/mol. The van der Waals surface area contributed by atoms with Crippen molar-refractivity contribution in [2.75, 3.05) is 0 Å². The van der Waals surface area contributed by atoms with Crippen LogP contribution in [0.2, 0.25) is 0 Å². The van der Waals surface area contributed by atoms with Gasteiger partial charge in [-0.05, 0) is 30.7 Å². The highest BCUT2D eigenvalue weighted by atomic mass is 16.3. The molecule has 1 fully saturated rings. The van der Waals surface area contributed by atoms with E-state index in [0.717, 1.165) is 0 Å². The largest absolute Gasteiger partial charge is 0.508 e. The van der Waals surface area contributed by atoms with Crippen molar-refractivity contribution >= 4 is 0 Å². The molecule has 1 aliphatic carbocycles. The Morgan fingerprint density at radius 1 is 1.00 bits per heavy atom. The second-order valence-electron chi connectivity index (χ2n) is 5.82. The van der Waals surface area contributed by atoms with E-state index >= 15 is 0 Å². The molecule has 0 aliphatic heterocycles. The normalized spacial score (nSPS) is 16.7. The van der Waals surface area contributed by atoms with E-state index in [4.69, 9.17) is 0 Å². The number of hydrogen-bond acceptors (Lipinski definition) is 1. The summed E-state index contributed by atoms with van der Waals surface area (Å²) in [5, 5.41) is 9.96. The van der Waals surface area contributed by atoms with Gasteiger partial charge >= 0.3 is 0 Å². The van der Waals surface area contributed by atoms with E-state index in [0.29, 0.717) is 11.2 Å². The summed E-state index contributed by atoms with van der Waals surface area (Å²) in [4.78, 5) is 0. The van der Waals surface area contributed by atoms with E-state index in [1.165, 1.54) is 63.4 Å². The molecule has 0 unspecified atom stereocenters. The minimum Gasteiger partial charge on any atom is -0.508 e. The van der Waals surface area contributed by atoms with Crippen LogP contribution in [0.25, 0.3) is 0 Å². The molecule has 100 valence electrons. The van der Waals surface area contributed by atoms with Crippen LogP contribution in [0.1, 0.15) is 70.3 Å². The molecular formula is C17H26O. The lowest BCUT2D eigenvalue weighted by Gasteiger charge is -2.16. The SMILES string of the molecule is CCCCCCCCC1(c2ccccc2O)CC1. The van der Waals surface area contributed by atoms with Gasteiger partial charge in [-0.2, -0.15) is 0 Å². The monoisotopic (exact) mass is 246 g/mol. The molecule has 0 saturated heterocycles. The molecule has 1 N–H and O–H groups in total. The first kappa shape index (κ1) is 13.5. The Morgan fingerprint density at radius 3 is 2.33 bits per heavy atom. The second-order valence-corrected chi connectivity index (χ2v) is 5.82. The average Bonchev–Trinajstić information content (AvgIpc) is 3.15. The molecule has 0 heterocycles. The zero-order valence-corrected chi connectivity index (χ0v) is 11.6. The predicted octanol–water partition coefficient (Wildman–Crippen LogP) is 5.17. The molecule has 2 rings (SSSR count). The second kappa shape index (κ2) is 6.26. The first-order valence-corrected chi connectivity index (χ1v) is 7.57. The molecule has 1 nitrogen and oxygen atoms in total. The van der Waals surface area contributed by atoms with Crippen LogP contribution in [-0.4, -0.2) is 5.11 Å². The number of para-hydroxylation sites is 1. The van der Waals surface area contributed by atoms with Gasteiger partial charge in [-0.3, -0.25) is 0 Å². The minimum atomic E-state index is 0.329. The van der Waals surface area contributed by atoms with Crippen LogP contribution >= 0.6 is 0 Å². The van der Waals surface area contributed by atoms with E-state index in [-0.39, 0.29) is 0 Å². The summed E-state index contributed by atoms with van der Waals surface area (Å²) >= 11 is 0. The van der Waals surface area contributed by atoms with Crippen molar-refractivity contribution in [3.05, 3.63) is 29.8 Å². The fourth-order valence-corrected chi connectivity index (χ4v) is 2.97. The van der Waals surface area contributed by atoms with E-state index < -0.39 is 0 Å². The third kappa shape index (κ3) is 3.28. The Morgan fingerprint density at radius 2 is 1.67 bits per heavy atom. The number of hydrogen-bond donors (Lipinski definition) is 1. The van der Waals surface area contributed by atoms with E-state index in [1.54, 1.807) is 0 Å². The Kier molecular flexibility index (Phi) is 4.68. The molecule has 1 aromatic rings. The van der Waals surface area contributed by atoms with Gasteiger partial charge in [0.15, 0.2) is 0 Å². The molecule has 0 amide bonds. The quantitative estimate of drug-likeness (QED) is 0.627.